The lowest BCUT2D eigenvalue weighted by Crippen LogP contribution is -2.49. The lowest BCUT2D eigenvalue weighted by Gasteiger charge is -2.36. The highest BCUT2D eigenvalue weighted by atomic mass is 16.5. The molecule has 4 heterocycles. The van der Waals surface area contributed by atoms with Crippen molar-refractivity contribution in [3.8, 4) is 5.75 Å². The third-order valence-electron chi connectivity index (χ3n) is 6.44. The molecule has 0 aliphatic carbocycles. The van der Waals surface area contributed by atoms with Crippen molar-refractivity contribution in [3.63, 3.8) is 0 Å². The number of hydrogen-bond acceptors (Lipinski definition) is 8. The molecule has 3 aromatic rings. The molecule has 5 rings (SSSR count). The molecule has 9 nitrogen and oxygen atoms in total. The first kappa shape index (κ1) is 21.5. The number of rotatable bonds is 4. The number of amides is 1. The molecular weight excluding hydrogens is 420 g/mol. The Morgan fingerprint density at radius 2 is 1.70 bits per heavy atom. The van der Waals surface area contributed by atoms with E-state index in [1.165, 1.54) is 0 Å². The van der Waals surface area contributed by atoms with Gasteiger partial charge in [-0.2, -0.15) is 4.98 Å². The first-order valence-electron chi connectivity index (χ1n) is 11.4. The number of carbonyl (C=O) groups excluding carboxylic acids is 1. The van der Waals surface area contributed by atoms with Crippen LogP contribution in [0, 0.1) is 6.92 Å². The van der Waals surface area contributed by atoms with Gasteiger partial charge in [0.2, 0.25) is 5.95 Å². The first-order chi connectivity index (χ1) is 16.0. The molecule has 0 bridgehead atoms. The maximum Gasteiger partial charge on any atom is 0.289 e. The molecule has 0 unspecified atom stereocenters. The Bertz CT molecular complexity index is 1150. The van der Waals surface area contributed by atoms with E-state index >= 15 is 0 Å². The van der Waals surface area contributed by atoms with E-state index in [0.29, 0.717) is 43.3 Å². The predicted molar refractivity (Wildman–Crippen MR) is 127 cm³/mol. The molecule has 1 amide bonds. The molecule has 9 heteroatoms. The van der Waals surface area contributed by atoms with Crippen LogP contribution in [0.5, 0.6) is 5.75 Å². The summed E-state index contributed by atoms with van der Waals surface area (Å²) in [5.74, 6) is 2.59. The Balaban J connectivity index is 1.27. The summed E-state index contributed by atoms with van der Waals surface area (Å²) in [7, 11) is 3.75. The van der Waals surface area contributed by atoms with E-state index in [2.05, 4.69) is 32.8 Å². The third kappa shape index (κ3) is 4.32. The van der Waals surface area contributed by atoms with Crippen LogP contribution in [0.2, 0.25) is 0 Å². The van der Waals surface area contributed by atoms with E-state index in [9.17, 15) is 4.79 Å². The summed E-state index contributed by atoms with van der Waals surface area (Å²) in [6, 6.07) is 9.49. The SMILES string of the molecule is COc1cccc2cc(C(=O)N3CCN(c4nc(C)cc(N5CCN(C)CC5)n4)CC3)oc12. The van der Waals surface area contributed by atoms with Gasteiger partial charge in [-0.25, -0.2) is 4.98 Å². The van der Waals surface area contributed by atoms with Gasteiger partial charge in [0, 0.05) is 69.5 Å². The van der Waals surface area contributed by atoms with E-state index in [1.54, 1.807) is 13.2 Å². The topological polar surface area (TPSA) is 78.2 Å². The average Bonchev–Trinajstić information content (AvgIpc) is 3.28. The van der Waals surface area contributed by atoms with Gasteiger partial charge in [-0.1, -0.05) is 12.1 Å². The van der Waals surface area contributed by atoms with E-state index < -0.39 is 0 Å². The molecule has 0 spiro atoms. The fourth-order valence-corrected chi connectivity index (χ4v) is 4.44. The summed E-state index contributed by atoms with van der Waals surface area (Å²) in [6.45, 7) is 8.57. The van der Waals surface area contributed by atoms with Crippen molar-refractivity contribution < 1.29 is 13.9 Å². The molecule has 174 valence electrons. The second-order valence-electron chi connectivity index (χ2n) is 8.73. The van der Waals surface area contributed by atoms with E-state index in [4.69, 9.17) is 14.1 Å². The zero-order valence-electron chi connectivity index (χ0n) is 19.5. The van der Waals surface area contributed by atoms with Gasteiger partial charge in [-0.15, -0.1) is 0 Å². The van der Waals surface area contributed by atoms with Crippen LogP contribution >= 0.6 is 0 Å². The molecule has 2 saturated heterocycles. The molecule has 0 atom stereocenters. The Labute approximate surface area is 193 Å². The maximum atomic E-state index is 13.1. The first-order valence-corrected chi connectivity index (χ1v) is 11.4. The average molecular weight is 451 g/mol. The van der Waals surface area contributed by atoms with Crippen LogP contribution in [0.3, 0.4) is 0 Å². The van der Waals surface area contributed by atoms with Crippen LogP contribution < -0.4 is 14.5 Å². The van der Waals surface area contributed by atoms with E-state index in [-0.39, 0.29) is 5.91 Å². The number of carbonyl (C=O) groups is 1. The van der Waals surface area contributed by atoms with Crippen molar-refractivity contribution in [2.75, 3.05) is 76.3 Å². The lowest BCUT2D eigenvalue weighted by atomic mass is 10.2. The molecule has 2 aliphatic rings. The summed E-state index contributed by atoms with van der Waals surface area (Å²) in [4.78, 5) is 31.3. The van der Waals surface area contributed by atoms with Crippen LogP contribution in [-0.2, 0) is 0 Å². The van der Waals surface area contributed by atoms with Gasteiger partial charge in [0.05, 0.1) is 7.11 Å². The number of fused-ring (bicyclic) bond motifs is 1. The normalized spacial score (nSPS) is 17.6. The van der Waals surface area contributed by atoms with E-state index in [0.717, 1.165) is 49.0 Å². The minimum Gasteiger partial charge on any atom is -0.493 e. The van der Waals surface area contributed by atoms with Crippen molar-refractivity contribution in [1.82, 2.24) is 19.8 Å². The lowest BCUT2D eigenvalue weighted by molar-refractivity contribution is 0.0716. The van der Waals surface area contributed by atoms with Gasteiger partial charge in [0.15, 0.2) is 17.1 Å². The van der Waals surface area contributed by atoms with Crippen molar-refractivity contribution in [2.24, 2.45) is 0 Å². The number of methoxy groups -OCH3 is 1. The van der Waals surface area contributed by atoms with Crippen LogP contribution in [-0.4, -0.2) is 92.2 Å². The maximum absolute atomic E-state index is 13.1. The number of aryl methyl sites for hydroxylation is 1. The molecule has 2 fully saturated rings. The van der Waals surface area contributed by atoms with Crippen LogP contribution in [0.4, 0.5) is 11.8 Å². The monoisotopic (exact) mass is 450 g/mol. The van der Waals surface area contributed by atoms with Crippen molar-refractivity contribution >= 4 is 28.6 Å². The van der Waals surface area contributed by atoms with Crippen LogP contribution in [0.15, 0.2) is 34.7 Å². The highest BCUT2D eigenvalue weighted by Crippen LogP contribution is 2.29. The van der Waals surface area contributed by atoms with Gasteiger partial charge < -0.3 is 28.8 Å². The van der Waals surface area contributed by atoms with Gasteiger partial charge in [0.25, 0.3) is 5.91 Å². The number of piperazine rings is 2. The van der Waals surface area contributed by atoms with Crippen molar-refractivity contribution in [1.29, 1.82) is 0 Å². The predicted octanol–water partition coefficient (Wildman–Crippen LogP) is 2.25. The minimum absolute atomic E-state index is 0.101. The number of furan rings is 1. The Kier molecular flexibility index (Phi) is 5.80. The van der Waals surface area contributed by atoms with Gasteiger partial charge >= 0.3 is 0 Å². The molecule has 1 aromatic carbocycles. The number of anilines is 2. The highest BCUT2D eigenvalue weighted by Gasteiger charge is 2.27. The highest BCUT2D eigenvalue weighted by molar-refractivity contribution is 5.97. The number of benzene rings is 1. The summed E-state index contributed by atoms with van der Waals surface area (Å²) < 4.78 is 11.2. The number of nitrogens with zero attached hydrogens (tertiary/aromatic N) is 6. The summed E-state index contributed by atoms with van der Waals surface area (Å²) in [5.41, 5.74) is 1.57. The number of hydrogen-bond donors (Lipinski definition) is 0. The standard InChI is InChI=1S/C24H30N6O3/c1-17-15-21(28-9-7-27(2)8-10-28)26-24(25-17)30-13-11-29(12-14-30)23(31)20-16-18-5-4-6-19(32-3)22(18)33-20/h4-6,15-16H,7-14H2,1-3H3. The summed E-state index contributed by atoms with van der Waals surface area (Å²) in [6.07, 6.45) is 0. The fraction of sp³-hybridized carbons (Fsp3) is 0.458. The second-order valence-corrected chi connectivity index (χ2v) is 8.73. The second kappa shape index (κ2) is 8.90. The minimum atomic E-state index is -0.101. The van der Waals surface area contributed by atoms with Crippen LogP contribution in [0.25, 0.3) is 11.0 Å². The number of likely N-dealkylation sites (N-methyl/N-ethyl adjacent to an activating group) is 1. The fourth-order valence-electron chi connectivity index (χ4n) is 4.44. The summed E-state index contributed by atoms with van der Waals surface area (Å²) >= 11 is 0. The Morgan fingerprint density at radius 3 is 2.42 bits per heavy atom. The zero-order valence-corrected chi connectivity index (χ0v) is 19.5. The zero-order chi connectivity index (χ0) is 22.9. The molecule has 2 aliphatic heterocycles. The molecular formula is C24H30N6O3. The van der Waals surface area contributed by atoms with Gasteiger partial charge in [-0.3, -0.25) is 4.79 Å². The number of aromatic nitrogens is 2. The molecule has 0 N–H and O–H groups in total. The molecule has 33 heavy (non-hydrogen) atoms. The third-order valence-corrected chi connectivity index (χ3v) is 6.44. The molecule has 0 radical (unpaired) electrons. The number of para-hydroxylation sites is 1. The number of ether oxygens (including phenoxy) is 1. The molecule has 0 saturated carbocycles. The van der Waals surface area contributed by atoms with E-state index in [1.807, 2.05) is 30.0 Å². The van der Waals surface area contributed by atoms with Crippen molar-refractivity contribution in [3.05, 3.63) is 41.8 Å². The Hall–Kier alpha value is -3.33. The van der Waals surface area contributed by atoms with Crippen molar-refractivity contribution in [2.45, 2.75) is 6.92 Å². The Morgan fingerprint density at radius 1 is 0.970 bits per heavy atom. The van der Waals surface area contributed by atoms with Gasteiger partial charge in [0.1, 0.15) is 5.82 Å². The quantitative estimate of drug-likeness (QED) is 0.599. The summed E-state index contributed by atoms with van der Waals surface area (Å²) in [5, 5.41) is 0.862. The largest absolute Gasteiger partial charge is 0.493 e. The van der Waals surface area contributed by atoms with Crippen LogP contribution in [0.1, 0.15) is 16.2 Å². The van der Waals surface area contributed by atoms with Gasteiger partial charge in [-0.05, 0) is 26.1 Å². The smallest absolute Gasteiger partial charge is 0.289 e. The molecule has 2 aromatic heterocycles.